The number of rotatable bonds is 4. The first-order chi connectivity index (χ1) is 8.15. The van der Waals surface area contributed by atoms with Crippen molar-refractivity contribution in [1.29, 1.82) is 0 Å². The maximum Gasteiger partial charge on any atom is 0.0865 e. The second kappa shape index (κ2) is 4.94. The molecule has 0 bridgehead atoms. The lowest BCUT2D eigenvalue weighted by Crippen LogP contribution is -2.07. The van der Waals surface area contributed by atoms with Crippen molar-refractivity contribution in [3.05, 3.63) is 40.4 Å². The van der Waals surface area contributed by atoms with Crippen molar-refractivity contribution in [2.45, 2.75) is 33.5 Å². The van der Waals surface area contributed by atoms with Crippen LogP contribution in [0.15, 0.2) is 18.5 Å². The molecular weight excluding hydrogens is 238 g/mol. The number of nitrogens with zero attached hydrogens (tertiary/aromatic N) is 3. The molecule has 4 nitrogen and oxygen atoms in total. The molecule has 0 amide bonds. The SMILES string of the molecule is CCn1nc(C)c(Cl)c1Cn1ccc(CO)c1. The first-order valence-corrected chi connectivity index (χ1v) is 6.00. The summed E-state index contributed by atoms with van der Waals surface area (Å²) in [5.41, 5.74) is 2.77. The van der Waals surface area contributed by atoms with Crippen molar-refractivity contribution in [2.75, 3.05) is 0 Å². The summed E-state index contributed by atoms with van der Waals surface area (Å²) in [7, 11) is 0. The highest BCUT2D eigenvalue weighted by Gasteiger charge is 2.12. The van der Waals surface area contributed by atoms with Gasteiger partial charge in [-0.15, -0.1) is 0 Å². The molecule has 0 radical (unpaired) electrons. The minimum absolute atomic E-state index is 0.0623. The molecule has 2 aromatic rings. The van der Waals surface area contributed by atoms with Crippen LogP contribution in [0.3, 0.4) is 0 Å². The Morgan fingerprint density at radius 3 is 2.82 bits per heavy atom. The Morgan fingerprint density at radius 2 is 2.24 bits per heavy atom. The fraction of sp³-hybridized carbons (Fsp3) is 0.417. The van der Waals surface area contributed by atoms with Crippen LogP contribution in [0.5, 0.6) is 0 Å². The first kappa shape index (κ1) is 12.2. The smallest absolute Gasteiger partial charge is 0.0865 e. The van der Waals surface area contributed by atoms with Gasteiger partial charge in [-0.1, -0.05) is 11.6 Å². The minimum atomic E-state index is 0.0623. The van der Waals surface area contributed by atoms with Crippen LogP contribution in [0.1, 0.15) is 23.9 Å². The molecule has 0 aliphatic heterocycles. The van der Waals surface area contributed by atoms with E-state index in [2.05, 4.69) is 5.10 Å². The third-order valence-electron chi connectivity index (χ3n) is 2.78. The Hall–Kier alpha value is -1.26. The van der Waals surface area contributed by atoms with Crippen LogP contribution >= 0.6 is 11.6 Å². The molecule has 2 heterocycles. The van der Waals surface area contributed by atoms with Gasteiger partial charge in [0, 0.05) is 18.9 Å². The predicted octanol–water partition coefficient (Wildman–Crippen LogP) is 2.21. The molecule has 0 saturated carbocycles. The second-order valence-electron chi connectivity index (χ2n) is 4.01. The summed E-state index contributed by atoms with van der Waals surface area (Å²) in [6.07, 6.45) is 3.85. The largest absolute Gasteiger partial charge is 0.392 e. The predicted molar refractivity (Wildman–Crippen MR) is 67.1 cm³/mol. The second-order valence-corrected chi connectivity index (χ2v) is 4.39. The Balaban J connectivity index is 2.28. The van der Waals surface area contributed by atoms with Crippen molar-refractivity contribution < 1.29 is 5.11 Å². The van der Waals surface area contributed by atoms with Crippen molar-refractivity contribution in [3.63, 3.8) is 0 Å². The maximum atomic E-state index is 9.02. The van der Waals surface area contributed by atoms with Gasteiger partial charge in [0.05, 0.1) is 29.6 Å². The Labute approximate surface area is 105 Å². The van der Waals surface area contributed by atoms with Crippen LogP contribution in [-0.4, -0.2) is 19.5 Å². The fourth-order valence-electron chi connectivity index (χ4n) is 1.88. The molecule has 0 atom stereocenters. The number of aromatic nitrogens is 3. The summed E-state index contributed by atoms with van der Waals surface area (Å²) in [6.45, 7) is 5.49. The third-order valence-corrected chi connectivity index (χ3v) is 3.27. The molecule has 0 fully saturated rings. The summed E-state index contributed by atoms with van der Waals surface area (Å²) in [4.78, 5) is 0. The normalized spacial score (nSPS) is 11.1. The zero-order valence-corrected chi connectivity index (χ0v) is 10.8. The zero-order valence-electron chi connectivity index (χ0n) is 10.0. The van der Waals surface area contributed by atoms with Crippen LogP contribution in [-0.2, 0) is 19.7 Å². The van der Waals surface area contributed by atoms with E-state index in [1.54, 1.807) is 0 Å². The van der Waals surface area contributed by atoms with E-state index in [9.17, 15) is 0 Å². The average molecular weight is 254 g/mol. The van der Waals surface area contributed by atoms with E-state index in [0.717, 1.165) is 28.5 Å². The lowest BCUT2D eigenvalue weighted by molar-refractivity contribution is 0.281. The molecule has 92 valence electrons. The molecule has 0 aromatic carbocycles. The van der Waals surface area contributed by atoms with E-state index in [1.807, 2.05) is 41.6 Å². The van der Waals surface area contributed by atoms with Gasteiger partial charge in [0.25, 0.3) is 0 Å². The first-order valence-electron chi connectivity index (χ1n) is 5.63. The summed E-state index contributed by atoms with van der Waals surface area (Å²) < 4.78 is 3.91. The Morgan fingerprint density at radius 1 is 1.47 bits per heavy atom. The molecule has 1 N–H and O–H groups in total. The summed E-state index contributed by atoms with van der Waals surface area (Å²) in [5, 5.41) is 14.1. The Bertz CT molecular complexity index is 516. The maximum absolute atomic E-state index is 9.02. The van der Waals surface area contributed by atoms with E-state index in [0.29, 0.717) is 6.54 Å². The summed E-state index contributed by atoms with van der Waals surface area (Å²) in [6, 6.07) is 1.90. The highest BCUT2D eigenvalue weighted by Crippen LogP contribution is 2.21. The number of hydrogen-bond donors (Lipinski definition) is 1. The van der Waals surface area contributed by atoms with Gasteiger partial charge in [-0.25, -0.2) is 0 Å². The summed E-state index contributed by atoms with van der Waals surface area (Å²) >= 11 is 6.24. The van der Waals surface area contributed by atoms with Crippen molar-refractivity contribution in [1.82, 2.24) is 14.3 Å². The number of aryl methyl sites for hydroxylation is 2. The molecule has 5 heteroatoms. The quantitative estimate of drug-likeness (QED) is 0.908. The molecule has 2 aromatic heterocycles. The van der Waals surface area contributed by atoms with E-state index in [1.165, 1.54) is 0 Å². The van der Waals surface area contributed by atoms with Crippen molar-refractivity contribution >= 4 is 11.6 Å². The molecule has 2 rings (SSSR count). The monoisotopic (exact) mass is 253 g/mol. The van der Waals surface area contributed by atoms with Crippen LogP contribution < -0.4 is 0 Å². The van der Waals surface area contributed by atoms with Gasteiger partial charge in [-0.05, 0) is 25.5 Å². The van der Waals surface area contributed by atoms with Gasteiger partial charge in [0.1, 0.15) is 0 Å². The van der Waals surface area contributed by atoms with E-state index >= 15 is 0 Å². The molecule has 0 aliphatic carbocycles. The van der Waals surface area contributed by atoms with Crippen molar-refractivity contribution in [3.8, 4) is 0 Å². The van der Waals surface area contributed by atoms with Gasteiger partial charge < -0.3 is 9.67 Å². The van der Waals surface area contributed by atoms with Gasteiger partial charge in [0.15, 0.2) is 0 Å². The molecule has 0 aliphatic rings. The number of aliphatic hydroxyl groups excluding tert-OH is 1. The van der Waals surface area contributed by atoms with Crippen molar-refractivity contribution in [2.24, 2.45) is 0 Å². The van der Waals surface area contributed by atoms with Gasteiger partial charge in [-0.3, -0.25) is 4.68 Å². The number of halogens is 1. The number of aliphatic hydroxyl groups is 1. The highest BCUT2D eigenvalue weighted by atomic mass is 35.5. The van der Waals surface area contributed by atoms with Gasteiger partial charge in [-0.2, -0.15) is 5.10 Å². The third kappa shape index (κ3) is 2.37. The molecular formula is C12H16ClN3O. The van der Waals surface area contributed by atoms with E-state index < -0.39 is 0 Å². The fourth-order valence-corrected chi connectivity index (χ4v) is 2.07. The van der Waals surface area contributed by atoms with Crippen LogP contribution in [0, 0.1) is 6.92 Å². The van der Waals surface area contributed by atoms with E-state index in [4.69, 9.17) is 16.7 Å². The van der Waals surface area contributed by atoms with Crippen LogP contribution in [0.4, 0.5) is 0 Å². The molecule has 0 unspecified atom stereocenters. The molecule has 0 saturated heterocycles. The highest BCUT2D eigenvalue weighted by molar-refractivity contribution is 6.31. The zero-order chi connectivity index (χ0) is 12.4. The van der Waals surface area contributed by atoms with E-state index in [-0.39, 0.29) is 6.61 Å². The molecule has 17 heavy (non-hydrogen) atoms. The van der Waals surface area contributed by atoms with Crippen LogP contribution in [0.2, 0.25) is 5.02 Å². The topological polar surface area (TPSA) is 43.0 Å². The standard InChI is InChI=1S/C12H16ClN3O/c1-3-16-11(12(13)9(2)14-16)7-15-5-4-10(6-15)8-17/h4-6,17H,3,7-8H2,1-2H3. The van der Waals surface area contributed by atoms with Crippen LogP contribution in [0.25, 0.3) is 0 Å². The average Bonchev–Trinajstić information content (AvgIpc) is 2.89. The molecule has 0 spiro atoms. The van der Waals surface area contributed by atoms with Gasteiger partial charge in [0.2, 0.25) is 0 Å². The number of hydrogen-bond acceptors (Lipinski definition) is 2. The lowest BCUT2D eigenvalue weighted by Gasteiger charge is -2.06. The summed E-state index contributed by atoms with van der Waals surface area (Å²) in [5.74, 6) is 0. The minimum Gasteiger partial charge on any atom is -0.392 e. The Kier molecular flexibility index (Phi) is 3.54. The van der Waals surface area contributed by atoms with Gasteiger partial charge >= 0.3 is 0 Å². The lowest BCUT2D eigenvalue weighted by atomic mass is 10.3.